The van der Waals surface area contributed by atoms with Crippen LogP contribution >= 0.6 is 15.9 Å². The highest BCUT2D eigenvalue weighted by atomic mass is 79.9. The zero-order valence-electron chi connectivity index (χ0n) is 9.26. The van der Waals surface area contributed by atoms with Gasteiger partial charge in [-0.3, -0.25) is 9.59 Å². The van der Waals surface area contributed by atoms with Crippen LogP contribution in [0.25, 0.3) is 0 Å². The molecular formula is C14H8BrNO2. The van der Waals surface area contributed by atoms with Gasteiger partial charge in [-0.25, -0.2) is 4.90 Å². The third kappa shape index (κ3) is 1.57. The SMILES string of the molecule is O=C1c2ccccc2C(=O)N1c1cccc(Br)c1. The van der Waals surface area contributed by atoms with Crippen LogP contribution in [0.2, 0.25) is 0 Å². The number of fused-ring (bicyclic) bond motifs is 1. The van der Waals surface area contributed by atoms with E-state index >= 15 is 0 Å². The maximum absolute atomic E-state index is 12.2. The molecule has 1 heterocycles. The number of hydrogen-bond donors (Lipinski definition) is 0. The molecule has 1 aliphatic heterocycles. The maximum Gasteiger partial charge on any atom is 0.266 e. The first-order chi connectivity index (χ1) is 8.68. The zero-order valence-corrected chi connectivity index (χ0v) is 10.8. The van der Waals surface area contributed by atoms with Crippen molar-refractivity contribution in [3.8, 4) is 0 Å². The minimum absolute atomic E-state index is 0.270. The molecule has 0 spiro atoms. The number of benzene rings is 2. The van der Waals surface area contributed by atoms with Gasteiger partial charge in [0, 0.05) is 4.47 Å². The summed E-state index contributed by atoms with van der Waals surface area (Å²) in [5.74, 6) is -0.539. The van der Waals surface area contributed by atoms with Crippen LogP contribution in [0.4, 0.5) is 5.69 Å². The topological polar surface area (TPSA) is 37.4 Å². The molecule has 1 aliphatic rings. The van der Waals surface area contributed by atoms with Crippen LogP contribution in [-0.2, 0) is 0 Å². The summed E-state index contributed by atoms with van der Waals surface area (Å²) in [6, 6.07) is 14.0. The molecule has 2 aromatic carbocycles. The number of amides is 2. The molecule has 18 heavy (non-hydrogen) atoms. The summed E-state index contributed by atoms with van der Waals surface area (Å²) in [5, 5.41) is 0. The second kappa shape index (κ2) is 4.07. The lowest BCUT2D eigenvalue weighted by Crippen LogP contribution is -2.29. The van der Waals surface area contributed by atoms with Crippen LogP contribution in [0.5, 0.6) is 0 Å². The van der Waals surface area contributed by atoms with Crippen molar-refractivity contribution in [1.82, 2.24) is 0 Å². The Morgan fingerprint density at radius 1 is 0.833 bits per heavy atom. The van der Waals surface area contributed by atoms with Crippen LogP contribution in [0, 0.1) is 0 Å². The molecule has 0 bridgehead atoms. The first kappa shape index (κ1) is 11.2. The van der Waals surface area contributed by atoms with E-state index in [4.69, 9.17) is 0 Å². The highest BCUT2D eigenvalue weighted by molar-refractivity contribution is 9.10. The summed E-state index contributed by atoms with van der Waals surface area (Å²) in [7, 11) is 0. The number of imide groups is 1. The van der Waals surface area contributed by atoms with E-state index in [1.807, 2.05) is 6.07 Å². The molecule has 0 aliphatic carbocycles. The van der Waals surface area contributed by atoms with E-state index in [0.717, 1.165) is 4.47 Å². The molecular weight excluding hydrogens is 294 g/mol. The Morgan fingerprint density at radius 2 is 1.44 bits per heavy atom. The summed E-state index contributed by atoms with van der Waals surface area (Å²) in [6.07, 6.45) is 0. The van der Waals surface area contributed by atoms with Gasteiger partial charge in [0.25, 0.3) is 11.8 Å². The Hall–Kier alpha value is -1.94. The number of halogens is 1. The number of hydrogen-bond acceptors (Lipinski definition) is 2. The fraction of sp³-hybridized carbons (Fsp3) is 0. The molecule has 2 aromatic rings. The van der Waals surface area contributed by atoms with Crippen LogP contribution in [0.3, 0.4) is 0 Å². The molecule has 0 saturated heterocycles. The molecule has 0 atom stereocenters. The predicted octanol–water partition coefficient (Wildman–Crippen LogP) is 3.25. The number of nitrogens with zero attached hydrogens (tertiary/aromatic N) is 1. The van der Waals surface area contributed by atoms with E-state index in [1.165, 1.54) is 4.90 Å². The quantitative estimate of drug-likeness (QED) is 0.758. The highest BCUT2D eigenvalue weighted by Gasteiger charge is 2.36. The van der Waals surface area contributed by atoms with Crippen LogP contribution in [-0.4, -0.2) is 11.8 Å². The van der Waals surface area contributed by atoms with Gasteiger partial charge >= 0.3 is 0 Å². The van der Waals surface area contributed by atoms with Crippen molar-refractivity contribution in [2.75, 3.05) is 4.90 Å². The first-order valence-corrected chi connectivity index (χ1v) is 6.21. The number of carbonyl (C=O) groups excluding carboxylic acids is 2. The molecule has 0 aromatic heterocycles. The molecule has 0 radical (unpaired) electrons. The second-order valence-corrected chi connectivity index (χ2v) is 4.89. The molecule has 0 fully saturated rings. The van der Waals surface area contributed by atoms with Crippen molar-refractivity contribution in [2.24, 2.45) is 0 Å². The van der Waals surface area contributed by atoms with Gasteiger partial charge < -0.3 is 0 Å². The van der Waals surface area contributed by atoms with E-state index in [2.05, 4.69) is 15.9 Å². The summed E-state index contributed by atoms with van der Waals surface area (Å²) in [6.45, 7) is 0. The van der Waals surface area contributed by atoms with E-state index in [-0.39, 0.29) is 11.8 Å². The Balaban J connectivity index is 2.12. The van der Waals surface area contributed by atoms with Crippen molar-refractivity contribution in [2.45, 2.75) is 0 Å². The van der Waals surface area contributed by atoms with Crippen molar-refractivity contribution in [3.05, 3.63) is 64.1 Å². The van der Waals surface area contributed by atoms with Gasteiger partial charge in [0.2, 0.25) is 0 Å². The van der Waals surface area contributed by atoms with Gasteiger partial charge in [-0.2, -0.15) is 0 Å². The second-order valence-electron chi connectivity index (χ2n) is 3.97. The summed E-state index contributed by atoms with van der Waals surface area (Å²) in [4.78, 5) is 25.6. The van der Waals surface area contributed by atoms with Crippen LogP contribution in [0.1, 0.15) is 20.7 Å². The molecule has 4 heteroatoms. The minimum atomic E-state index is -0.270. The van der Waals surface area contributed by atoms with Gasteiger partial charge in [0.05, 0.1) is 16.8 Å². The summed E-state index contributed by atoms with van der Waals surface area (Å²) in [5.41, 5.74) is 1.50. The Labute approximate surface area is 112 Å². The number of anilines is 1. The van der Waals surface area contributed by atoms with E-state index in [1.54, 1.807) is 42.5 Å². The van der Waals surface area contributed by atoms with Gasteiger partial charge in [-0.05, 0) is 30.3 Å². The van der Waals surface area contributed by atoms with Crippen molar-refractivity contribution in [3.63, 3.8) is 0 Å². The van der Waals surface area contributed by atoms with Crippen molar-refractivity contribution < 1.29 is 9.59 Å². The zero-order chi connectivity index (χ0) is 12.7. The van der Waals surface area contributed by atoms with Crippen molar-refractivity contribution in [1.29, 1.82) is 0 Å². The summed E-state index contributed by atoms with van der Waals surface area (Å²) >= 11 is 3.33. The van der Waals surface area contributed by atoms with Crippen LogP contribution in [0.15, 0.2) is 53.0 Å². The third-order valence-corrected chi connectivity index (χ3v) is 3.35. The van der Waals surface area contributed by atoms with E-state index in [9.17, 15) is 9.59 Å². The molecule has 3 rings (SSSR count). The number of rotatable bonds is 1. The lowest BCUT2D eigenvalue weighted by Gasteiger charge is -2.13. The largest absolute Gasteiger partial charge is 0.268 e. The lowest BCUT2D eigenvalue weighted by molar-refractivity contribution is 0.0926. The summed E-state index contributed by atoms with van der Waals surface area (Å²) < 4.78 is 0.830. The molecule has 0 saturated carbocycles. The van der Waals surface area contributed by atoms with Crippen molar-refractivity contribution >= 4 is 33.4 Å². The Kier molecular flexibility index (Phi) is 2.52. The molecule has 0 unspecified atom stereocenters. The van der Waals surface area contributed by atoms with Gasteiger partial charge in [0.15, 0.2) is 0 Å². The van der Waals surface area contributed by atoms with Gasteiger partial charge in [0.1, 0.15) is 0 Å². The molecule has 3 nitrogen and oxygen atoms in total. The lowest BCUT2D eigenvalue weighted by atomic mass is 10.1. The molecule has 2 amide bonds. The normalized spacial score (nSPS) is 13.9. The highest BCUT2D eigenvalue weighted by Crippen LogP contribution is 2.29. The fourth-order valence-electron chi connectivity index (χ4n) is 2.04. The predicted molar refractivity (Wildman–Crippen MR) is 71.7 cm³/mol. The fourth-order valence-corrected chi connectivity index (χ4v) is 2.43. The average Bonchev–Trinajstić information content (AvgIpc) is 2.63. The standard InChI is InChI=1S/C14H8BrNO2/c15-9-4-3-5-10(8-9)16-13(17)11-6-1-2-7-12(11)14(16)18/h1-8H. The molecule has 88 valence electrons. The van der Waals surface area contributed by atoms with E-state index < -0.39 is 0 Å². The van der Waals surface area contributed by atoms with Gasteiger partial charge in [-0.15, -0.1) is 0 Å². The molecule has 0 N–H and O–H groups in total. The maximum atomic E-state index is 12.2. The van der Waals surface area contributed by atoms with Gasteiger partial charge in [-0.1, -0.05) is 34.1 Å². The van der Waals surface area contributed by atoms with E-state index in [0.29, 0.717) is 16.8 Å². The van der Waals surface area contributed by atoms with Crippen LogP contribution < -0.4 is 4.90 Å². The minimum Gasteiger partial charge on any atom is -0.268 e. The first-order valence-electron chi connectivity index (χ1n) is 5.42. The third-order valence-electron chi connectivity index (χ3n) is 2.86. The smallest absolute Gasteiger partial charge is 0.266 e. The Bertz CT molecular complexity index is 631. The monoisotopic (exact) mass is 301 g/mol. The Morgan fingerprint density at radius 3 is 2.00 bits per heavy atom. The average molecular weight is 302 g/mol. The number of carbonyl (C=O) groups is 2.